The fraction of sp³-hybridized carbons (Fsp3) is 0.143. The van der Waals surface area contributed by atoms with Gasteiger partial charge in [-0.15, -0.1) is 0 Å². The predicted octanol–water partition coefficient (Wildman–Crippen LogP) is 3.39. The molecule has 0 unspecified atom stereocenters. The zero-order chi connectivity index (χ0) is 17.7. The number of nitrogens with zero attached hydrogens (tertiary/aromatic N) is 1. The lowest BCUT2D eigenvalue weighted by Crippen LogP contribution is -2.26. The van der Waals surface area contributed by atoms with Gasteiger partial charge in [0.15, 0.2) is 0 Å². The van der Waals surface area contributed by atoms with Crippen molar-refractivity contribution in [2.75, 3.05) is 0 Å². The molecule has 0 radical (unpaired) electrons. The third kappa shape index (κ3) is 2.17. The maximum absolute atomic E-state index is 11.6. The fourth-order valence-electron chi connectivity index (χ4n) is 3.98. The highest BCUT2D eigenvalue weighted by Crippen LogP contribution is 2.36. The van der Waals surface area contributed by atoms with Gasteiger partial charge in [-0.05, 0) is 50.7 Å². The van der Waals surface area contributed by atoms with Crippen molar-refractivity contribution < 1.29 is 0 Å². The van der Waals surface area contributed by atoms with Crippen LogP contribution in [0.15, 0.2) is 64.2 Å². The van der Waals surface area contributed by atoms with Gasteiger partial charge in [-0.1, -0.05) is 54.6 Å². The van der Waals surface area contributed by atoms with Crippen LogP contribution in [0.5, 0.6) is 0 Å². The van der Waals surface area contributed by atoms with Gasteiger partial charge in [-0.3, -0.25) is 0 Å². The molecule has 4 aromatic carbocycles. The molecule has 5 aromatic rings. The lowest BCUT2D eigenvalue weighted by molar-refractivity contribution is 0.608. The van der Waals surface area contributed by atoms with Gasteiger partial charge in [0.25, 0.3) is 0 Å². The number of aromatic amines is 2. The van der Waals surface area contributed by atoms with Crippen molar-refractivity contribution in [3.8, 4) is 0 Å². The van der Waals surface area contributed by atoms with Crippen molar-refractivity contribution in [1.29, 1.82) is 0 Å². The topological polar surface area (TPSA) is 70.7 Å². The van der Waals surface area contributed by atoms with Crippen LogP contribution in [0.1, 0.15) is 12.0 Å². The van der Waals surface area contributed by atoms with Gasteiger partial charge in [0, 0.05) is 6.54 Å². The number of aromatic nitrogens is 3. The molecule has 5 heteroatoms. The largest absolute Gasteiger partial charge is 0.344 e. The van der Waals surface area contributed by atoms with Gasteiger partial charge in [0.2, 0.25) is 0 Å². The van der Waals surface area contributed by atoms with Crippen molar-refractivity contribution in [3.05, 3.63) is 81.1 Å². The predicted molar refractivity (Wildman–Crippen MR) is 104 cm³/mol. The molecule has 0 bridgehead atoms. The summed E-state index contributed by atoms with van der Waals surface area (Å²) in [5, 5.41) is 12.2. The Hall–Kier alpha value is -3.34. The molecule has 0 spiro atoms. The molecule has 0 atom stereocenters. The Kier molecular flexibility index (Phi) is 3.22. The van der Waals surface area contributed by atoms with Gasteiger partial charge >= 0.3 is 11.4 Å². The highest BCUT2D eigenvalue weighted by atomic mass is 16.2. The molecule has 5 rings (SSSR count). The van der Waals surface area contributed by atoms with Crippen LogP contribution < -0.4 is 11.4 Å². The molecule has 0 saturated carbocycles. The van der Waals surface area contributed by atoms with Crippen LogP contribution in [0, 0.1) is 0 Å². The normalized spacial score (nSPS) is 11.8. The first-order valence-electron chi connectivity index (χ1n) is 8.75. The number of rotatable bonds is 4. The van der Waals surface area contributed by atoms with Crippen molar-refractivity contribution in [3.63, 3.8) is 0 Å². The monoisotopic (exact) mass is 343 g/mol. The van der Waals surface area contributed by atoms with E-state index in [2.05, 4.69) is 64.8 Å². The molecule has 1 heterocycles. The molecule has 0 aliphatic carbocycles. The van der Waals surface area contributed by atoms with Gasteiger partial charge in [0.1, 0.15) is 0 Å². The van der Waals surface area contributed by atoms with Crippen LogP contribution in [0.2, 0.25) is 0 Å². The third-order valence-electron chi connectivity index (χ3n) is 5.21. The number of hydrogen-bond acceptors (Lipinski definition) is 2. The summed E-state index contributed by atoms with van der Waals surface area (Å²) in [4.78, 5) is 23.2. The quantitative estimate of drug-likeness (QED) is 0.491. The molecule has 26 heavy (non-hydrogen) atoms. The van der Waals surface area contributed by atoms with Crippen LogP contribution in [-0.4, -0.2) is 14.8 Å². The van der Waals surface area contributed by atoms with Crippen molar-refractivity contribution in [1.82, 2.24) is 14.8 Å². The minimum Gasteiger partial charge on any atom is -0.247 e. The number of aryl methyl sites for hydroxylation is 1. The highest BCUT2D eigenvalue weighted by Gasteiger charge is 2.11. The zero-order valence-corrected chi connectivity index (χ0v) is 14.1. The Balaban J connectivity index is 1.58. The van der Waals surface area contributed by atoms with E-state index >= 15 is 0 Å². The average Bonchev–Trinajstić information content (AvgIpc) is 2.99. The molecule has 5 nitrogen and oxygen atoms in total. The van der Waals surface area contributed by atoms with Crippen LogP contribution in [0.3, 0.4) is 0 Å². The summed E-state index contributed by atoms with van der Waals surface area (Å²) in [5.74, 6) is 0. The van der Waals surface area contributed by atoms with Crippen LogP contribution in [0.4, 0.5) is 0 Å². The minimum atomic E-state index is -0.384. The summed E-state index contributed by atoms with van der Waals surface area (Å²) in [6.07, 6.45) is 1.54. The number of benzene rings is 4. The first-order valence-corrected chi connectivity index (χ1v) is 8.75. The number of nitrogens with one attached hydrogen (secondary N) is 2. The van der Waals surface area contributed by atoms with Crippen LogP contribution >= 0.6 is 0 Å². The van der Waals surface area contributed by atoms with Gasteiger partial charge < -0.3 is 0 Å². The second kappa shape index (κ2) is 5.59. The van der Waals surface area contributed by atoms with E-state index in [1.165, 1.54) is 42.4 Å². The van der Waals surface area contributed by atoms with Gasteiger partial charge in [-0.2, -0.15) is 0 Å². The number of hydrogen-bond donors (Lipinski definition) is 2. The standard InChI is InChI=1S/C21H17N3O2/c25-20-22-23-21(26)24(20)12-2-5-13-6-7-16-9-8-14-3-1-4-15-10-11-17(13)19(16)18(14)15/h1,3-4,6-11H,2,5,12H2,(H,22,25)(H,23,26). The first-order chi connectivity index (χ1) is 12.7. The van der Waals surface area contributed by atoms with E-state index in [1.54, 1.807) is 0 Å². The Morgan fingerprint density at radius 1 is 0.731 bits per heavy atom. The maximum atomic E-state index is 11.6. The average molecular weight is 343 g/mol. The Labute approximate surface area is 148 Å². The first kappa shape index (κ1) is 15.0. The van der Waals surface area contributed by atoms with Gasteiger partial charge in [-0.25, -0.2) is 24.4 Å². The van der Waals surface area contributed by atoms with Crippen LogP contribution in [0.25, 0.3) is 32.3 Å². The molecule has 0 saturated heterocycles. The highest BCUT2D eigenvalue weighted by molar-refractivity contribution is 6.23. The van der Waals surface area contributed by atoms with Crippen LogP contribution in [-0.2, 0) is 13.0 Å². The van der Waals surface area contributed by atoms with E-state index in [4.69, 9.17) is 0 Å². The Morgan fingerprint density at radius 3 is 2.08 bits per heavy atom. The third-order valence-corrected chi connectivity index (χ3v) is 5.21. The summed E-state index contributed by atoms with van der Waals surface area (Å²) in [7, 11) is 0. The molecule has 0 aliphatic heterocycles. The van der Waals surface area contributed by atoms with E-state index in [-0.39, 0.29) is 11.4 Å². The van der Waals surface area contributed by atoms with E-state index in [9.17, 15) is 9.59 Å². The smallest absolute Gasteiger partial charge is 0.247 e. The summed E-state index contributed by atoms with van der Waals surface area (Å²) in [5.41, 5.74) is 0.478. The summed E-state index contributed by atoms with van der Waals surface area (Å²) >= 11 is 0. The molecule has 2 N–H and O–H groups in total. The van der Waals surface area contributed by atoms with E-state index in [0.717, 1.165) is 12.8 Å². The lowest BCUT2D eigenvalue weighted by Gasteiger charge is -2.13. The SMILES string of the molecule is O=c1[nH][nH]c(=O)n1CCCc1ccc2ccc3cccc4ccc1c2c34. The Bertz CT molecular complexity index is 1310. The maximum Gasteiger partial charge on any atom is 0.344 e. The van der Waals surface area contributed by atoms with Crippen molar-refractivity contribution in [2.24, 2.45) is 0 Å². The zero-order valence-electron chi connectivity index (χ0n) is 14.1. The molecular weight excluding hydrogens is 326 g/mol. The second-order valence-electron chi connectivity index (χ2n) is 6.70. The van der Waals surface area contributed by atoms with Crippen molar-refractivity contribution >= 4 is 32.3 Å². The molecule has 0 fully saturated rings. The molecule has 0 aliphatic rings. The fourth-order valence-corrected chi connectivity index (χ4v) is 3.98. The Morgan fingerprint density at radius 2 is 1.35 bits per heavy atom. The van der Waals surface area contributed by atoms with E-state index in [0.29, 0.717) is 6.54 Å². The number of H-pyrrole nitrogens is 2. The van der Waals surface area contributed by atoms with Crippen molar-refractivity contribution in [2.45, 2.75) is 19.4 Å². The lowest BCUT2D eigenvalue weighted by atomic mass is 9.91. The summed E-state index contributed by atoms with van der Waals surface area (Å²) < 4.78 is 1.20. The van der Waals surface area contributed by atoms with E-state index < -0.39 is 0 Å². The van der Waals surface area contributed by atoms with Gasteiger partial charge in [0.05, 0.1) is 0 Å². The molecule has 1 aromatic heterocycles. The minimum absolute atomic E-state index is 0.384. The summed E-state index contributed by atoms with van der Waals surface area (Å²) in [6, 6.07) is 19.4. The molecular formula is C21H17N3O2. The second-order valence-corrected chi connectivity index (χ2v) is 6.70. The summed E-state index contributed by atoms with van der Waals surface area (Å²) in [6.45, 7) is 0.402. The molecule has 0 amide bonds. The molecule has 128 valence electrons. The van der Waals surface area contributed by atoms with E-state index in [1.807, 2.05) is 0 Å².